The molecule has 1 saturated carbocycles. The van der Waals surface area contributed by atoms with Crippen molar-refractivity contribution >= 4 is 6.08 Å². The summed E-state index contributed by atoms with van der Waals surface area (Å²) in [4.78, 5) is 13.7. The molecule has 0 aromatic heterocycles. The Labute approximate surface area is 61.3 Å². The van der Waals surface area contributed by atoms with Crippen molar-refractivity contribution in [3.8, 4) is 0 Å². The van der Waals surface area contributed by atoms with Crippen LogP contribution in [0.25, 0.3) is 0 Å². The maximum atomic E-state index is 9.93. The van der Waals surface area contributed by atoms with E-state index in [0.29, 0.717) is 0 Å². The maximum Gasteiger partial charge on any atom is 0.235 e. The first-order chi connectivity index (χ1) is 4.64. The van der Waals surface area contributed by atoms with Crippen molar-refractivity contribution < 1.29 is 4.79 Å². The van der Waals surface area contributed by atoms with Gasteiger partial charge >= 0.3 is 0 Å². The van der Waals surface area contributed by atoms with Gasteiger partial charge in [-0.05, 0) is 26.2 Å². The van der Waals surface area contributed by atoms with E-state index < -0.39 is 0 Å². The van der Waals surface area contributed by atoms with Crippen molar-refractivity contribution in [2.45, 2.75) is 38.6 Å². The SMILES string of the molecule is CC(C)(CC1CC1)N=C=O. The average Bonchev–Trinajstić information content (AvgIpc) is 2.48. The molecule has 0 spiro atoms. The fourth-order valence-corrected chi connectivity index (χ4v) is 1.20. The van der Waals surface area contributed by atoms with Crippen LogP contribution in [-0.4, -0.2) is 11.6 Å². The number of isocyanates is 1. The first kappa shape index (κ1) is 7.49. The van der Waals surface area contributed by atoms with Crippen molar-refractivity contribution in [1.29, 1.82) is 0 Å². The summed E-state index contributed by atoms with van der Waals surface area (Å²) in [6.45, 7) is 3.96. The smallest absolute Gasteiger partial charge is 0.211 e. The van der Waals surface area contributed by atoms with Crippen LogP contribution in [-0.2, 0) is 4.79 Å². The van der Waals surface area contributed by atoms with Crippen LogP contribution < -0.4 is 0 Å². The van der Waals surface area contributed by atoms with E-state index in [1.165, 1.54) is 12.8 Å². The molecular formula is C8H13NO. The third-order valence-electron chi connectivity index (χ3n) is 1.83. The van der Waals surface area contributed by atoms with E-state index in [1.807, 2.05) is 13.8 Å². The van der Waals surface area contributed by atoms with Crippen LogP contribution in [0.1, 0.15) is 33.1 Å². The van der Waals surface area contributed by atoms with Crippen LogP contribution in [0.3, 0.4) is 0 Å². The second kappa shape index (κ2) is 2.55. The molecule has 2 nitrogen and oxygen atoms in total. The predicted molar refractivity (Wildman–Crippen MR) is 39.5 cm³/mol. The Hall–Kier alpha value is -0.620. The molecule has 56 valence electrons. The molecule has 0 unspecified atom stereocenters. The Balaban J connectivity index is 2.40. The number of aliphatic imine (C=N–C) groups is 1. The van der Waals surface area contributed by atoms with Crippen molar-refractivity contribution in [3.63, 3.8) is 0 Å². The summed E-state index contributed by atoms with van der Waals surface area (Å²) in [7, 11) is 0. The van der Waals surface area contributed by atoms with Gasteiger partial charge in [0.05, 0.1) is 5.54 Å². The highest BCUT2D eigenvalue weighted by Crippen LogP contribution is 2.37. The van der Waals surface area contributed by atoms with Crippen molar-refractivity contribution in [2.24, 2.45) is 10.9 Å². The van der Waals surface area contributed by atoms with Gasteiger partial charge in [-0.15, -0.1) is 0 Å². The van der Waals surface area contributed by atoms with Crippen LogP contribution in [0.4, 0.5) is 0 Å². The standard InChI is InChI=1S/C8H13NO/c1-8(2,9-6-10)5-7-3-4-7/h7H,3-5H2,1-2H3. The Morgan fingerprint density at radius 2 is 2.20 bits per heavy atom. The molecule has 1 fully saturated rings. The Morgan fingerprint density at radius 1 is 1.60 bits per heavy atom. The topological polar surface area (TPSA) is 29.4 Å². The molecule has 0 aromatic carbocycles. The summed E-state index contributed by atoms with van der Waals surface area (Å²) < 4.78 is 0. The van der Waals surface area contributed by atoms with Gasteiger partial charge in [-0.2, -0.15) is 4.99 Å². The third-order valence-corrected chi connectivity index (χ3v) is 1.83. The largest absolute Gasteiger partial charge is 0.235 e. The minimum absolute atomic E-state index is 0.164. The predicted octanol–water partition coefficient (Wildman–Crippen LogP) is 1.90. The second-order valence-corrected chi connectivity index (χ2v) is 3.66. The van der Waals surface area contributed by atoms with Crippen LogP contribution >= 0.6 is 0 Å². The zero-order valence-corrected chi connectivity index (χ0v) is 6.55. The van der Waals surface area contributed by atoms with Gasteiger partial charge in [0.1, 0.15) is 0 Å². The number of hydrogen-bond donors (Lipinski definition) is 0. The molecule has 0 saturated heterocycles. The fraction of sp³-hybridized carbons (Fsp3) is 0.875. The van der Waals surface area contributed by atoms with Gasteiger partial charge in [0.25, 0.3) is 0 Å². The maximum absolute atomic E-state index is 9.93. The summed E-state index contributed by atoms with van der Waals surface area (Å²) in [6.07, 6.45) is 5.29. The van der Waals surface area contributed by atoms with Gasteiger partial charge in [0.15, 0.2) is 0 Å². The summed E-state index contributed by atoms with van der Waals surface area (Å²) in [5.74, 6) is 0.826. The van der Waals surface area contributed by atoms with E-state index in [9.17, 15) is 4.79 Å². The molecule has 0 aromatic rings. The van der Waals surface area contributed by atoms with E-state index in [4.69, 9.17) is 0 Å². The second-order valence-electron chi connectivity index (χ2n) is 3.66. The summed E-state index contributed by atoms with van der Waals surface area (Å²) >= 11 is 0. The highest BCUT2D eigenvalue weighted by atomic mass is 16.1. The molecule has 2 heteroatoms. The van der Waals surface area contributed by atoms with Gasteiger partial charge < -0.3 is 0 Å². The van der Waals surface area contributed by atoms with Gasteiger partial charge in [-0.3, -0.25) is 0 Å². The van der Waals surface area contributed by atoms with E-state index in [1.54, 1.807) is 6.08 Å². The minimum atomic E-state index is -0.164. The highest BCUT2D eigenvalue weighted by Gasteiger charge is 2.29. The lowest BCUT2D eigenvalue weighted by atomic mass is 9.99. The first-order valence-corrected chi connectivity index (χ1v) is 3.73. The molecule has 1 aliphatic carbocycles. The van der Waals surface area contributed by atoms with Gasteiger partial charge in [0, 0.05) is 0 Å². The van der Waals surface area contributed by atoms with E-state index in [-0.39, 0.29) is 5.54 Å². The van der Waals surface area contributed by atoms with Gasteiger partial charge in [-0.25, -0.2) is 4.79 Å². The Morgan fingerprint density at radius 3 is 2.60 bits per heavy atom. The van der Waals surface area contributed by atoms with Crippen LogP contribution in [0.2, 0.25) is 0 Å². The monoisotopic (exact) mass is 139 g/mol. The fourth-order valence-electron chi connectivity index (χ4n) is 1.20. The zero-order chi connectivity index (χ0) is 7.61. The van der Waals surface area contributed by atoms with E-state index in [0.717, 1.165) is 12.3 Å². The summed E-state index contributed by atoms with van der Waals surface area (Å²) in [5, 5.41) is 0. The number of nitrogens with zero attached hydrogens (tertiary/aromatic N) is 1. The van der Waals surface area contributed by atoms with Crippen LogP contribution in [0, 0.1) is 5.92 Å². The van der Waals surface area contributed by atoms with E-state index in [2.05, 4.69) is 4.99 Å². The molecular weight excluding hydrogens is 126 g/mol. The molecule has 1 rings (SSSR count). The molecule has 0 radical (unpaired) electrons. The lowest BCUT2D eigenvalue weighted by Crippen LogP contribution is -2.16. The van der Waals surface area contributed by atoms with Crippen LogP contribution in [0.15, 0.2) is 4.99 Å². The molecule has 0 aliphatic heterocycles. The zero-order valence-electron chi connectivity index (χ0n) is 6.55. The molecule has 0 heterocycles. The van der Waals surface area contributed by atoms with Crippen molar-refractivity contribution in [3.05, 3.63) is 0 Å². The molecule has 0 atom stereocenters. The number of carbonyl (C=O) groups excluding carboxylic acids is 1. The molecule has 0 bridgehead atoms. The highest BCUT2D eigenvalue weighted by molar-refractivity contribution is 5.34. The quantitative estimate of drug-likeness (QED) is 0.433. The molecule has 0 amide bonds. The Bertz CT molecular complexity index is 164. The first-order valence-electron chi connectivity index (χ1n) is 3.73. The summed E-state index contributed by atoms with van der Waals surface area (Å²) in [5.41, 5.74) is -0.164. The molecule has 10 heavy (non-hydrogen) atoms. The average molecular weight is 139 g/mol. The lowest BCUT2D eigenvalue weighted by molar-refractivity contribution is 0.443. The van der Waals surface area contributed by atoms with Gasteiger partial charge in [-0.1, -0.05) is 12.8 Å². The van der Waals surface area contributed by atoms with Gasteiger partial charge in [0.2, 0.25) is 6.08 Å². The molecule has 0 N–H and O–H groups in total. The summed E-state index contributed by atoms with van der Waals surface area (Å²) in [6, 6.07) is 0. The van der Waals surface area contributed by atoms with Crippen molar-refractivity contribution in [2.75, 3.05) is 0 Å². The Kier molecular flexibility index (Phi) is 1.91. The minimum Gasteiger partial charge on any atom is -0.211 e. The number of rotatable bonds is 3. The third kappa shape index (κ3) is 2.32. The molecule has 1 aliphatic rings. The van der Waals surface area contributed by atoms with E-state index >= 15 is 0 Å². The number of hydrogen-bond acceptors (Lipinski definition) is 2. The normalized spacial score (nSPS) is 18.2. The van der Waals surface area contributed by atoms with Crippen molar-refractivity contribution in [1.82, 2.24) is 0 Å². The van der Waals surface area contributed by atoms with Crippen LogP contribution in [0.5, 0.6) is 0 Å². The lowest BCUT2D eigenvalue weighted by Gasteiger charge is -2.15.